The highest BCUT2D eigenvalue weighted by Gasteiger charge is 2.85. The number of fused-ring (bicyclic) bond motifs is 4. The van der Waals surface area contributed by atoms with E-state index in [-0.39, 0.29) is 118 Å². The first-order chi connectivity index (χ1) is 61.6. The Morgan fingerprint density at radius 3 is 0.977 bits per heavy atom. The number of piperidine rings is 4. The Kier molecular flexibility index (Phi) is 22.8. The van der Waals surface area contributed by atoms with Gasteiger partial charge in [-0.3, -0.25) is 19.2 Å². The van der Waals surface area contributed by atoms with Crippen LogP contribution in [0.5, 0.6) is 46.0 Å². The zero-order valence-electron chi connectivity index (χ0n) is 77.6. The number of benzene rings is 4. The van der Waals surface area contributed by atoms with E-state index in [4.69, 9.17) is 42.6 Å². The number of thiol groups is 1. The maximum Gasteiger partial charge on any atom is 0.369 e. The van der Waals surface area contributed by atoms with Crippen molar-refractivity contribution in [3.8, 4) is 46.0 Å². The molecule has 4 aromatic rings. The smallest absolute Gasteiger partial charge is 0.369 e. The Morgan fingerprint density at radius 1 is 0.434 bits per heavy atom. The molecule has 24 aliphatic rings. The van der Waals surface area contributed by atoms with Gasteiger partial charge in [0, 0.05) is 110 Å². The number of amides is 4. The number of aromatic hydroxyl groups is 1. The standard InChI is InChI=1S/2C24H30BN2O4.C23H28BN2O4.C22H26BN2O4.C3H8S.BBr3/c2*1-25-21(28)27(3)17-13-22-8-9-24(17,30-5)20-23(22)10-11-26(2)16(22)12-14-6-7-15(29-4)19(31-20)18(14)23;1-24-20(27)26(3)16-12-21-7-8-23(16,28)19-22(21)9-10-25(2)15(21)11-13-5-6-14(29-4)18(30-19)17(13)22;1-23-19(27)25(3)15-11-20-6-7-22(15,28)18-21(20)8-9-24(2)14(20)10-12-4-5-13(26)17(29-18)16(12)21;1-2-3-4;2-1(3)4/h2*6-9,16-17,20H,10-13H2,1-5H3;5-8,15-16,19,28H,9-12H2,1-4H3;4-7,14-15,18,26,28H,8-11H2,1-3H3;4H,2-3H2,1H3;/t2*16-,17?,20?,22-,23+,24-;15-,16?,19?,21-,22+,23-;14-,15?,18?,20-,21+,22-;;/m1111../s1. The fourth-order valence-electron chi connectivity index (χ4n) is 31.1. The van der Waals surface area contributed by atoms with Crippen molar-refractivity contribution in [1.82, 2.24) is 39.2 Å². The SMILES string of the molecule is BrB(Br)Br.CCCS.C[B]C(=O)N(C)C1C[C@@]23C=C[C@]1(O)C1Oc4c(O)ccc5c4[C@@]12CCN(C)[C@@H]3C5.C[B]C(=O)N(C)C1C[C@@]23C=C[C@]1(O)C1Oc4c(OC)ccc5c4[C@@]12CCN(C)[C@@H]3C5.C[B]C(=O)N(C)C1C[C@@]23C=C[C@]1(OC)C1Oc4c(OC)ccc5c4[C@@]12CCN(C)[C@@H]3C5.C[B]C(=O)N(C)C1C[C@@]23C=C[C@]1(OC)C1Oc4c(OC)ccc5c4[C@@]12CCN(C)[C@@H]3C5. The van der Waals surface area contributed by atoms with Crippen LogP contribution in [0.4, 0.5) is 19.2 Å². The number of ether oxygens (including phenoxy) is 9. The van der Waals surface area contributed by atoms with Gasteiger partial charge in [0.2, 0.25) is 29.1 Å². The van der Waals surface area contributed by atoms with Crippen LogP contribution < -0.4 is 33.2 Å². The van der Waals surface area contributed by atoms with Crippen molar-refractivity contribution < 1.29 is 77.1 Å². The molecule has 33 heteroatoms. The first-order valence-corrected chi connectivity index (χ1v) is 49.5. The molecule has 4 saturated carbocycles. The van der Waals surface area contributed by atoms with Crippen molar-refractivity contribution >= 4 is 115 Å². The number of hydrogen-bond donors (Lipinski definition) is 4. The Labute approximate surface area is 793 Å². The highest BCUT2D eigenvalue weighted by Crippen LogP contribution is 2.79. The summed E-state index contributed by atoms with van der Waals surface area (Å²) in [7, 11) is 31.3. The predicted molar refractivity (Wildman–Crippen MR) is 515 cm³/mol. The Bertz CT molecular complexity index is 5240. The number of phenolic OH excluding ortho intramolecular Hbond substituents is 1. The highest BCUT2D eigenvalue weighted by molar-refractivity contribution is 9.69. The molecule has 3 N–H and O–H groups in total. The number of hydrogen-bond acceptors (Lipinski definition) is 21. The van der Waals surface area contributed by atoms with E-state index in [1.807, 2.05) is 60.3 Å². The molecule has 8 heterocycles. The lowest BCUT2D eigenvalue weighted by Gasteiger charge is -2.71. The van der Waals surface area contributed by atoms with Gasteiger partial charge in [-0.05, 0) is 190 Å². The third kappa shape index (κ3) is 11.5. The Hall–Kier alpha value is -6.09. The largest absolute Gasteiger partial charge is 0.504 e. The van der Waals surface area contributed by atoms with E-state index in [2.05, 4.69) is 169 Å². The van der Waals surface area contributed by atoms with E-state index in [1.165, 1.54) is 45.4 Å². The summed E-state index contributed by atoms with van der Waals surface area (Å²) in [5, 5.41) is 34.8. The molecule has 4 radical (unpaired) electrons. The zero-order chi connectivity index (χ0) is 91.9. The van der Waals surface area contributed by atoms with Crippen molar-refractivity contribution in [2.45, 2.75) is 235 Å². The topological polar surface area (TPSA) is 238 Å². The predicted octanol–water partition coefficient (Wildman–Crippen LogP) is 11.8. The molecule has 4 amide bonds. The highest BCUT2D eigenvalue weighted by atomic mass is 79.9. The van der Waals surface area contributed by atoms with Gasteiger partial charge in [-0.25, -0.2) is 0 Å². The number of carbonyl (C=O) groups is 4. The lowest BCUT2D eigenvalue weighted by molar-refractivity contribution is -0.211. The van der Waals surface area contributed by atoms with E-state index in [9.17, 15) is 34.5 Å². The molecule has 24 nitrogen and oxygen atoms in total. The number of phenols is 1. The van der Waals surface area contributed by atoms with Crippen LogP contribution in [0, 0.1) is 21.7 Å². The second kappa shape index (κ2) is 32.0. The van der Waals surface area contributed by atoms with Crippen molar-refractivity contribution in [3.63, 3.8) is 0 Å². The number of likely N-dealkylation sites (tertiary alicyclic amines) is 4. The Morgan fingerprint density at radius 2 is 0.690 bits per heavy atom. The molecule has 4 saturated heterocycles. The van der Waals surface area contributed by atoms with Crippen LogP contribution in [0.25, 0.3) is 0 Å². The van der Waals surface area contributed by atoms with Crippen molar-refractivity contribution in [3.05, 3.63) is 142 Å². The summed E-state index contributed by atoms with van der Waals surface area (Å²) in [6.07, 6.45) is 28.3. The molecule has 8 fully saturated rings. The first kappa shape index (κ1) is 92.0. The molecule has 24 atom stereocenters. The van der Waals surface area contributed by atoms with Crippen molar-refractivity contribution in [1.29, 1.82) is 0 Å². The fourth-order valence-corrected chi connectivity index (χ4v) is 31.1. The van der Waals surface area contributed by atoms with Gasteiger partial charge in [0.15, 0.2) is 69.2 Å². The maximum absolute atomic E-state index is 12.8. The van der Waals surface area contributed by atoms with Gasteiger partial charge < -0.3 is 97.2 Å². The number of aliphatic hydroxyl groups is 2. The van der Waals surface area contributed by atoms with E-state index < -0.39 is 34.6 Å². The molecular weight excluding hydrogens is 1850 g/mol. The number of nitrogens with zero attached hydrogens (tertiary/aromatic N) is 8. The average molecular weight is 1970 g/mol. The van der Waals surface area contributed by atoms with Crippen LogP contribution in [-0.2, 0) is 56.8 Å². The number of methoxy groups -OCH3 is 5. The molecule has 8 spiro atoms. The molecule has 0 aromatic heterocycles. The van der Waals surface area contributed by atoms with E-state index >= 15 is 0 Å². The minimum atomic E-state index is -1.30. The molecule has 129 heavy (non-hydrogen) atoms. The molecule has 8 unspecified atom stereocenters. The van der Waals surface area contributed by atoms with Crippen LogP contribution in [0.2, 0.25) is 27.3 Å². The second-order valence-corrected chi connectivity index (χ2v) is 47.1. The third-order valence-electron chi connectivity index (χ3n) is 36.6. The molecule has 684 valence electrons. The maximum atomic E-state index is 12.8. The summed E-state index contributed by atoms with van der Waals surface area (Å²) in [6, 6.07) is 16.9. The number of rotatable bonds is 14. The number of likely N-dealkylation sites (N-methyl/N-ethyl adjacent to an activating group) is 8. The summed E-state index contributed by atoms with van der Waals surface area (Å²) < 4.78 is 57.1. The summed E-state index contributed by atoms with van der Waals surface area (Å²) in [5.74, 6) is 6.48. The van der Waals surface area contributed by atoms with E-state index in [1.54, 1.807) is 122 Å². The summed E-state index contributed by atoms with van der Waals surface area (Å²) in [4.78, 5) is 67.8. The number of carbonyl (C=O) groups excluding carboxylic acids is 4. The molecule has 8 aliphatic heterocycles. The second-order valence-electron chi connectivity index (χ2n) is 40.2. The lowest BCUT2D eigenvalue weighted by atomic mass is 9.38. The molecule has 28 rings (SSSR count). The van der Waals surface area contributed by atoms with Crippen LogP contribution >= 0.6 is 59.9 Å². The van der Waals surface area contributed by atoms with E-state index in [0.29, 0.717) is 30.3 Å². The van der Waals surface area contributed by atoms with Gasteiger partial charge in [-0.2, -0.15) is 12.6 Å². The van der Waals surface area contributed by atoms with E-state index in [0.717, 1.165) is 143 Å². The van der Waals surface area contributed by atoms with Gasteiger partial charge in [-0.1, -0.05) is 107 Å². The van der Waals surface area contributed by atoms with Crippen molar-refractivity contribution in [2.24, 2.45) is 21.7 Å². The van der Waals surface area contributed by atoms with Crippen LogP contribution in [0.1, 0.15) is 109 Å². The lowest BCUT2D eigenvalue weighted by Crippen LogP contribution is -2.81. The summed E-state index contributed by atoms with van der Waals surface area (Å²) in [5.41, 5.74) is 4.71. The summed E-state index contributed by atoms with van der Waals surface area (Å²) >= 11 is 13.2. The zero-order valence-corrected chi connectivity index (χ0v) is 83.2. The fraction of sp³-hybridized carbons (Fsp3) is 0.625. The molecule has 16 bridgehead atoms. The summed E-state index contributed by atoms with van der Waals surface area (Å²) in [6.45, 7) is 13.1. The average Bonchev–Trinajstić information content (AvgIpc) is 1.56. The van der Waals surface area contributed by atoms with Gasteiger partial charge in [0.05, 0.1) is 67.2 Å². The normalized spacial score (nSPS) is 39.5. The minimum absolute atomic E-state index is 0.0240. The number of halogens is 3. The van der Waals surface area contributed by atoms with Gasteiger partial charge >= 0.3 is 3.18 Å². The third-order valence-corrected chi connectivity index (χ3v) is 37.0. The van der Waals surface area contributed by atoms with Crippen LogP contribution in [-0.4, -0.2) is 329 Å². The van der Waals surface area contributed by atoms with Gasteiger partial charge in [0.1, 0.15) is 46.8 Å². The van der Waals surface area contributed by atoms with Crippen LogP contribution in [0.3, 0.4) is 0 Å². The minimum Gasteiger partial charge on any atom is -0.504 e. The first-order valence-electron chi connectivity index (χ1n) is 46.2. The molecule has 16 aliphatic carbocycles. The Balaban J connectivity index is 0.000000109. The molecule has 4 aromatic carbocycles. The quantitative estimate of drug-likeness (QED) is 0.0521. The van der Waals surface area contributed by atoms with Crippen molar-refractivity contribution in [2.75, 3.05) is 124 Å². The van der Waals surface area contributed by atoms with Gasteiger partial charge in [-0.15, -0.1) is 47.3 Å². The monoisotopic (exact) mass is 1970 g/mol. The van der Waals surface area contributed by atoms with Gasteiger partial charge in [0.25, 0.3) is 0 Å². The van der Waals surface area contributed by atoms with Crippen LogP contribution in [0.15, 0.2) is 97.1 Å². The molecular formula is C96H122B5Br3N8O16S.